The number of hydrogen-bond donors (Lipinski definition) is 3. The highest BCUT2D eigenvalue weighted by Gasteiger charge is 2.57. The highest BCUT2D eigenvalue weighted by Crippen LogP contribution is 2.48. The summed E-state index contributed by atoms with van der Waals surface area (Å²) in [6.07, 6.45) is -4.00. The van der Waals surface area contributed by atoms with Crippen molar-refractivity contribution in [2.75, 3.05) is 36.9 Å². The number of nitrogens with two attached hydrogens (primary N) is 2. The number of aromatic nitrogens is 4. The minimum atomic E-state index is -4.66. The van der Waals surface area contributed by atoms with Crippen LogP contribution < -0.4 is 26.4 Å². The Hall–Kier alpha value is -3.85. The number of amides is 2. The molecule has 0 aromatic carbocycles. The molecular formula is C21H23F5N8O3. The molecule has 2 fully saturated rings. The third-order valence-corrected chi connectivity index (χ3v) is 6.00. The summed E-state index contributed by atoms with van der Waals surface area (Å²) >= 11 is 0. The normalized spacial score (nSPS) is 19.4. The lowest BCUT2D eigenvalue weighted by Gasteiger charge is -2.32. The number of hydrogen-bond acceptors (Lipinski definition) is 9. The molecule has 0 spiro atoms. The number of primary amides is 1. The number of nitrogens with one attached hydrogen (secondary N) is 1. The first-order valence-electron chi connectivity index (χ1n) is 11.2. The number of alkyl halides is 5. The predicted octanol–water partition coefficient (Wildman–Crippen LogP) is 1.66. The molecular weight excluding hydrogens is 507 g/mol. The fourth-order valence-corrected chi connectivity index (χ4v) is 3.82. The van der Waals surface area contributed by atoms with Crippen LogP contribution in [0.2, 0.25) is 0 Å². The topological polar surface area (TPSA) is 162 Å². The van der Waals surface area contributed by atoms with Gasteiger partial charge in [0.05, 0.1) is 11.6 Å². The zero-order chi connectivity index (χ0) is 27.0. The van der Waals surface area contributed by atoms with Crippen molar-refractivity contribution in [1.29, 1.82) is 0 Å². The Morgan fingerprint density at radius 1 is 1.14 bits per heavy atom. The van der Waals surface area contributed by atoms with Crippen molar-refractivity contribution >= 4 is 23.5 Å². The maximum absolute atomic E-state index is 13.2. The number of nitrogen functional groups attached to an aromatic ring is 1. The van der Waals surface area contributed by atoms with Crippen LogP contribution in [0.4, 0.5) is 33.6 Å². The Morgan fingerprint density at radius 3 is 2.41 bits per heavy atom. The summed E-state index contributed by atoms with van der Waals surface area (Å²) in [5.74, 6) is -6.64. The van der Waals surface area contributed by atoms with E-state index in [1.807, 2.05) is 0 Å². The number of rotatable bonds is 8. The molecule has 200 valence electrons. The van der Waals surface area contributed by atoms with E-state index in [-0.39, 0.29) is 29.7 Å². The third-order valence-electron chi connectivity index (χ3n) is 6.00. The number of piperidine rings is 1. The summed E-state index contributed by atoms with van der Waals surface area (Å²) in [6, 6.07) is 2.78. The van der Waals surface area contributed by atoms with Gasteiger partial charge in [-0.1, -0.05) is 0 Å². The molecule has 1 aliphatic carbocycles. The highest BCUT2D eigenvalue weighted by molar-refractivity contribution is 5.95. The van der Waals surface area contributed by atoms with Crippen LogP contribution in [0, 0.1) is 5.92 Å². The lowest BCUT2D eigenvalue weighted by atomic mass is 9.93. The Kier molecular flexibility index (Phi) is 7.01. The van der Waals surface area contributed by atoms with Crippen molar-refractivity contribution in [3.63, 3.8) is 0 Å². The van der Waals surface area contributed by atoms with Crippen molar-refractivity contribution in [3.05, 3.63) is 29.3 Å². The second kappa shape index (κ2) is 9.89. The molecule has 5 N–H and O–H groups in total. The summed E-state index contributed by atoms with van der Waals surface area (Å²) < 4.78 is 69.2. The van der Waals surface area contributed by atoms with Crippen molar-refractivity contribution < 1.29 is 36.3 Å². The summed E-state index contributed by atoms with van der Waals surface area (Å²) in [6.45, 7) is -1.34. The first kappa shape index (κ1) is 26.2. The van der Waals surface area contributed by atoms with Gasteiger partial charge in [-0.3, -0.25) is 9.59 Å². The van der Waals surface area contributed by atoms with Crippen LogP contribution >= 0.6 is 0 Å². The van der Waals surface area contributed by atoms with Crippen LogP contribution in [0.5, 0.6) is 6.01 Å². The monoisotopic (exact) mass is 530 g/mol. The Bertz CT molecular complexity index is 1190. The second-order valence-corrected chi connectivity index (χ2v) is 8.81. The van der Waals surface area contributed by atoms with Gasteiger partial charge in [-0.15, -0.1) is 0 Å². The van der Waals surface area contributed by atoms with Gasteiger partial charge in [0, 0.05) is 31.1 Å². The molecule has 37 heavy (non-hydrogen) atoms. The minimum Gasteiger partial charge on any atom is -0.463 e. The molecule has 16 heteroatoms. The first-order valence-corrected chi connectivity index (χ1v) is 11.2. The van der Waals surface area contributed by atoms with Gasteiger partial charge in [0.1, 0.15) is 13.2 Å². The van der Waals surface area contributed by atoms with E-state index in [1.165, 1.54) is 0 Å². The Balaban J connectivity index is 1.49. The van der Waals surface area contributed by atoms with Gasteiger partial charge in [0.25, 0.3) is 17.7 Å². The molecule has 1 saturated heterocycles. The van der Waals surface area contributed by atoms with Crippen LogP contribution in [0.3, 0.4) is 0 Å². The van der Waals surface area contributed by atoms with E-state index in [1.54, 1.807) is 22.3 Å². The molecule has 2 aromatic rings. The van der Waals surface area contributed by atoms with Gasteiger partial charge in [0.15, 0.2) is 5.69 Å². The fraction of sp³-hybridized carbons (Fsp3) is 0.524. The zero-order valence-electron chi connectivity index (χ0n) is 19.3. The van der Waals surface area contributed by atoms with E-state index >= 15 is 0 Å². The number of ether oxygens (including phenoxy) is 1. The third kappa shape index (κ3) is 6.48. The molecule has 1 atom stereocenters. The SMILES string of the molecule is NC(=O)c1nc(C2CCN(c3nc(OC[C@H]4CC4(F)F)nc(C(=O)NCC(F)(F)F)n3)CC2)ccc1N. The molecule has 3 heterocycles. The maximum Gasteiger partial charge on any atom is 0.405 e. The van der Waals surface area contributed by atoms with Crippen molar-refractivity contribution in [2.24, 2.45) is 11.7 Å². The van der Waals surface area contributed by atoms with Gasteiger partial charge in [-0.2, -0.15) is 28.1 Å². The lowest BCUT2D eigenvalue weighted by molar-refractivity contribution is -0.123. The molecule has 2 amide bonds. The van der Waals surface area contributed by atoms with Gasteiger partial charge in [-0.25, -0.2) is 13.8 Å². The van der Waals surface area contributed by atoms with Gasteiger partial charge in [-0.05, 0) is 25.0 Å². The molecule has 4 rings (SSSR count). The van der Waals surface area contributed by atoms with Crippen LogP contribution in [0.25, 0.3) is 0 Å². The van der Waals surface area contributed by atoms with Crippen molar-refractivity contribution in [1.82, 2.24) is 25.3 Å². The quantitative estimate of drug-likeness (QED) is 0.431. The molecule has 11 nitrogen and oxygen atoms in total. The van der Waals surface area contributed by atoms with E-state index in [4.69, 9.17) is 16.2 Å². The number of anilines is 2. The molecule has 0 unspecified atom stereocenters. The summed E-state index contributed by atoms with van der Waals surface area (Å²) in [5, 5.41) is 1.67. The van der Waals surface area contributed by atoms with E-state index in [0.717, 1.165) is 0 Å². The van der Waals surface area contributed by atoms with Gasteiger partial charge in [0.2, 0.25) is 11.8 Å². The number of carbonyl (C=O) groups is 2. The molecule has 0 radical (unpaired) electrons. The number of nitrogens with zero attached hydrogens (tertiary/aromatic N) is 5. The zero-order valence-corrected chi connectivity index (χ0v) is 19.3. The van der Waals surface area contributed by atoms with Crippen LogP contribution in [0.15, 0.2) is 12.1 Å². The lowest BCUT2D eigenvalue weighted by Crippen LogP contribution is -2.37. The minimum absolute atomic E-state index is 0.0325. The Labute approximate surface area is 206 Å². The molecule has 1 saturated carbocycles. The number of pyridine rings is 1. The highest BCUT2D eigenvalue weighted by atomic mass is 19.4. The van der Waals surface area contributed by atoms with E-state index in [9.17, 15) is 31.5 Å². The maximum atomic E-state index is 13.2. The largest absolute Gasteiger partial charge is 0.463 e. The fourth-order valence-electron chi connectivity index (χ4n) is 3.82. The molecule has 0 bridgehead atoms. The van der Waals surface area contributed by atoms with Crippen LogP contribution in [-0.2, 0) is 0 Å². The number of halogens is 5. The standard InChI is InChI=1S/C21H23F5N8O3/c22-20(23)7-11(20)8-37-19-32-16(17(36)29-9-21(24,25)26)31-18(33-19)34-5-3-10(4-6-34)13-2-1-12(27)14(30-13)15(28)35/h1-2,10-11H,3-9,27H2,(H2,28,35)(H,29,36)/t11-/m1/s1. The average molecular weight is 530 g/mol. The van der Waals surface area contributed by atoms with Crippen molar-refractivity contribution in [2.45, 2.75) is 37.3 Å². The summed E-state index contributed by atoms with van der Waals surface area (Å²) in [7, 11) is 0. The summed E-state index contributed by atoms with van der Waals surface area (Å²) in [5.41, 5.74) is 11.8. The molecule has 2 aliphatic rings. The van der Waals surface area contributed by atoms with E-state index in [2.05, 4.69) is 19.9 Å². The average Bonchev–Trinajstić information content (AvgIpc) is 3.47. The van der Waals surface area contributed by atoms with E-state index < -0.39 is 54.8 Å². The summed E-state index contributed by atoms with van der Waals surface area (Å²) in [4.78, 5) is 41.5. The number of carbonyl (C=O) groups excluding carboxylic acids is 2. The van der Waals surface area contributed by atoms with Crippen LogP contribution in [-0.4, -0.2) is 70.1 Å². The Morgan fingerprint density at radius 2 is 1.81 bits per heavy atom. The van der Waals surface area contributed by atoms with E-state index in [0.29, 0.717) is 31.6 Å². The molecule has 2 aromatic heterocycles. The predicted molar refractivity (Wildman–Crippen MR) is 118 cm³/mol. The second-order valence-electron chi connectivity index (χ2n) is 8.81. The molecule has 1 aliphatic heterocycles. The smallest absolute Gasteiger partial charge is 0.405 e. The van der Waals surface area contributed by atoms with Gasteiger partial charge < -0.3 is 26.4 Å². The van der Waals surface area contributed by atoms with Crippen molar-refractivity contribution in [3.8, 4) is 6.01 Å². The van der Waals surface area contributed by atoms with Crippen LogP contribution in [0.1, 0.15) is 52.0 Å². The van der Waals surface area contributed by atoms with Gasteiger partial charge >= 0.3 is 12.2 Å². The first-order chi connectivity index (χ1) is 17.3.